The maximum Gasteiger partial charge on any atom is 0.319 e. The van der Waals surface area contributed by atoms with Crippen LogP contribution in [0.3, 0.4) is 0 Å². The minimum Gasteiger partial charge on any atom is -0.468 e. The van der Waals surface area contributed by atoms with Gasteiger partial charge in [-0.15, -0.1) is 0 Å². The first-order valence-corrected chi connectivity index (χ1v) is 10.8. The Kier molecular flexibility index (Phi) is 4.89. The average Bonchev–Trinajstić information content (AvgIpc) is 3.02. The quantitative estimate of drug-likeness (QED) is 0.587. The van der Waals surface area contributed by atoms with E-state index < -0.39 is 34.7 Å². The first kappa shape index (κ1) is 21.6. The van der Waals surface area contributed by atoms with Crippen LogP contribution in [0.4, 0.5) is 5.69 Å². The molecule has 3 heterocycles. The van der Waals surface area contributed by atoms with Crippen molar-refractivity contribution < 1.29 is 19.1 Å². The molecule has 0 fully saturated rings. The van der Waals surface area contributed by atoms with E-state index in [1.807, 2.05) is 31.2 Å². The van der Waals surface area contributed by atoms with Crippen molar-refractivity contribution in [3.63, 3.8) is 0 Å². The van der Waals surface area contributed by atoms with Crippen LogP contribution in [-0.2, 0) is 26.3 Å². The number of methoxy groups -OCH3 is 1. The first-order valence-electron chi connectivity index (χ1n) is 10.8. The molecule has 1 amide bonds. The fourth-order valence-electron chi connectivity index (χ4n) is 5.18. The summed E-state index contributed by atoms with van der Waals surface area (Å²) >= 11 is 0. The molecule has 2 aliphatic rings. The number of para-hydroxylation sites is 1. The second-order valence-corrected chi connectivity index (χ2v) is 8.65. The van der Waals surface area contributed by atoms with Gasteiger partial charge in [0.25, 0.3) is 5.56 Å². The van der Waals surface area contributed by atoms with Crippen molar-refractivity contribution in [3.8, 4) is 5.75 Å². The van der Waals surface area contributed by atoms with E-state index in [9.17, 15) is 14.4 Å². The number of aromatic amines is 1. The van der Waals surface area contributed by atoms with Crippen LogP contribution < -0.4 is 15.2 Å². The van der Waals surface area contributed by atoms with E-state index in [2.05, 4.69) is 4.98 Å². The Hall–Kier alpha value is -4.20. The normalized spacial score (nSPS) is 20.7. The lowest BCUT2D eigenvalue weighted by atomic mass is 9.65. The minimum absolute atomic E-state index is 0.00805. The van der Waals surface area contributed by atoms with Crippen molar-refractivity contribution >= 4 is 23.5 Å². The number of carbonyl (C=O) groups excluding carboxylic acids is 2. The summed E-state index contributed by atoms with van der Waals surface area (Å²) in [5.41, 5.74) is 1.17. The fourth-order valence-corrected chi connectivity index (χ4v) is 5.18. The van der Waals surface area contributed by atoms with Gasteiger partial charge < -0.3 is 19.4 Å². The predicted octanol–water partition coefficient (Wildman–Crippen LogP) is 2.98. The number of anilines is 1. The van der Waals surface area contributed by atoms with Gasteiger partial charge in [-0.2, -0.15) is 0 Å². The molecule has 8 nitrogen and oxygen atoms in total. The summed E-state index contributed by atoms with van der Waals surface area (Å²) in [4.78, 5) is 45.1. The number of pyridine rings is 1. The zero-order valence-electron chi connectivity index (χ0n) is 19.0. The van der Waals surface area contributed by atoms with Gasteiger partial charge in [-0.25, -0.2) is 0 Å². The maximum absolute atomic E-state index is 14.4. The highest BCUT2D eigenvalue weighted by Crippen LogP contribution is 2.54. The van der Waals surface area contributed by atoms with Gasteiger partial charge >= 0.3 is 5.97 Å². The van der Waals surface area contributed by atoms with Crippen LogP contribution >= 0.6 is 0 Å². The largest absolute Gasteiger partial charge is 0.468 e. The molecule has 0 saturated heterocycles. The van der Waals surface area contributed by atoms with Crippen molar-refractivity contribution in [1.29, 1.82) is 5.41 Å². The van der Waals surface area contributed by atoms with Crippen molar-refractivity contribution in [2.75, 3.05) is 12.0 Å². The van der Waals surface area contributed by atoms with Crippen molar-refractivity contribution in [1.82, 2.24) is 4.98 Å². The Morgan fingerprint density at radius 1 is 1.15 bits per heavy atom. The third-order valence-corrected chi connectivity index (χ3v) is 6.50. The maximum atomic E-state index is 14.4. The van der Waals surface area contributed by atoms with Gasteiger partial charge in [0.05, 0.1) is 19.2 Å². The molecule has 0 saturated carbocycles. The summed E-state index contributed by atoms with van der Waals surface area (Å²) in [7, 11) is 1.19. The average molecular weight is 457 g/mol. The zero-order chi connectivity index (χ0) is 24.2. The molecule has 1 aromatic heterocycles. The van der Waals surface area contributed by atoms with Gasteiger partial charge in [-0.3, -0.25) is 19.8 Å². The Balaban J connectivity index is 1.82. The summed E-state index contributed by atoms with van der Waals surface area (Å²) in [6.07, 6.45) is 0. The standard InChI is InChI=1S/C26H23N3O5/c1-14-7-6-8-16(11-14)13-29-18-10-5-4-9-17(18)26(25(29)32)20-19(12-15(2)28-23(20)30)34-22(27)21(26)24(31)33-3/h4-12,21,27H,13H2,1-3H3,(H,28,30). The van der Waals surface area contributed by atoms with Crippen molar-refractivity contribution in [3.05, 3.63) is 92.9 Å². The molecule has 34 heavy (non-hydrogen) atoms. The topological polar surface area (TPSA) is 113 Å². The van der Waals surface area contributed by atoms with E-state index >= 15 is 0 Å². The molecule has 3 aromatic rings. The number of fused-ring (bicyclic) bond motifs is 4. The number of H-pyrrole nitrogens is 1. The molecule has 2 N–H and O–H groups in total. The lowest BCUT2D eigenvalue weighted by molar-refractivity contribution is -0.147. The number of aromatic nitrogens is 1. The van der Waals surface area contributed by atoms with E-state index in [0.717, 1.165) is 11.1 Å². The Bertz CT molecular complexity index is 1430. The Morgan fingerprint density at radius 2 is 1.91 bits per heavy atom. The number of rotatable bonds is 3. The Labute approximate surface area is 195 Å². The van der Waals surface area contributed by atoms with Crippen molar-refractivity contribution in [2.24, 2.45) is 5.92 Å². The predicted molar refractivity (Wildman–Crippen MR) is 125 cm³/mol. The van der Waals surface area contributed by atoms with Crippen LogP contribution in [0, 0.1) is 25.2 Å². The number of carbonyl (C=O) groups is 2. The summed E-state index contributed by atoms with van der Waals surface area (Å²) in [5, 5.41) is 8.58. The number of benzene rings is 2. The number of amides is 1. The second-order valence-electron chi connectivity index (χ2n) is 8.65. The van der Waals surface area contributed by atoms with Gasteiger partial charge in [-0.1, -0.05) is 48.0 Å². The van der Waals surface area contributed by atoms with Crippen LogP contribution in [0.2, 0.25) is 0 Å². The molecule has 2 aliphatic heterocycles. The molecule has 0 bridgehead atoms. The fraction of sp³-hybridized carbons (Fsp3) is 0.231. The lowest BCUT2D eigenvalue weighted by Gasteiger charge is -2.39. The highest BCUT2D eigenvalue weighted by molar-refractivity contribution is 6.18. The smallest absolute Gasteiger partial charge is 0.319 e. The van der Waals surface area contributed by atoms with Gasteiger partial charge in [-0.05, 0) is 31.0 Å². The minimum atomic E-state index is -1.79. The van der Waals surface area contributed by atoms with Crippen LogP contribution in [0.15, 0.2) is 59.4 Å². The molecule has 1 spiro atoms. The van der Waals surface area contributed by atoms with E-state index in [1.165, 1.54) is 7.11 Å². The van der Waals surface area contributed by atoms with Gasteiger partial charge in [0, 0.05) is 17.4 Å². The summed E-state index contributed by atoms with van der Waals surface area (Å²) < 4.78 is 10.7. The molecule has 172 valence electrons. The number of hydrogen-bond acceptors (Lipinski definition) is 6. The summed E-state index contributed by atoms with van der Waals surface area (Å²) in [6, 6.07) is 16.4. The summed E-state index contributed by atoms with van der Waals surface area (Å²) in [5.74, 6) is -3.10. The number of aryl methyl sites for hydroxylation is 2. The van der Waals surface area contributed by atoms with Gasteiger partial charge in [0.2, 0.25) is 11.8 Å². The molecule has 2 atom stereocenters. The number of nitrogens with zero attached hydrogens (tertiary/aromatic N) is 1. The number of hydrogen-bond donors (Lipinski definition) is 2. The van der Waals surface area contributed by atoms with E-state index in [-0.39, 0.29) is 17.9 Å². The van der Waals surface area contributed by atoms with Crippen molar-refractivity contribution in [2.45, 2.75) is 25.8 Å². The van der Waals surface area contributed by atoms with E-state index in [4.69, 9.17) is 14.9 Å². The lowest BCUT2D eigenvalue weighted by Crippen LogP contribution is -2.57. The third-order valence-electron chi connectivity index (χ3n) is 6.50. The molecule has 0 radical (unpaired) electrons. The Morgan fingerprint density at radius 3 is 2.65 bits per heavy atom. The molecular formula is C26H23N3O5. The second kappa shape index (κ2) is 7.69. The SMILES string of the molecule is COC(=O)C1C(=N)Oc2cc(C)[nH]c(=O)c2C12C(=O)N(Cc1cccc(C)c1)c1ccccc12. The van der Waals surface area contributed by atoms with Crippen LogP contribution in [0.5, 0.6) is 5.75 Å². The van der Waals surface area contributed by atoms with Crippen LogP contribution in [-0.4, -0.2) is 29.9 Å². The van der Waals surface area contributed by atoms with Gasteiger partial charge in [0.15, 0.2) is 5.92 Å². The third kappa shape index (κ3) is 2.91. The molecule has 2 aromatic carbocycles. The molecule has 5 rings (SSSR count). The monoisotopic (exact) mass is 457 g/mol. The molecule has 2 unspecified atom stereocenters. The van der Waals surface area contributed by atoms with E-state index in [1.54, 1.807) is 42.2 Å². The molecule has 8 heteroatoms. The summed E-state index contributed by atoms with van der Waals surface area (Å²) in [6.45, 7) is 3.89. The number of esters is 1. The van der Waals surface area contributed by atoms with E-state index in [0.29, 0.717) is 16.9 Å². The first-order chi connectivity index (χ1) is 16.3. The number of ether oxygens (including phenoxy) is 2. The zero-order valence-corrected chi connectivity index (χ0v) is 19.0. The van der Waals surface area contributed by atoms with Crippen LogP contribution in [0.1, 0.15) is 27.9 Å². The number of nitrogens with one attached hydrogen (secondary N) is 2. The highest BCUT2D eigenvalue weighted by Gasteiger charge is 2.65. The van der Waals surface area contributed by atoms with Crippen LogP contribution in [0.25, 0.3) is 0 Å². The highest BCUT2D eigenvalue weighted by atomic mass is 16.5. The molecular weight excluding hydrogens is 434 g/mol. The van der Waals surface area contributed by atoms with Gasteiger partial charge in [0.1, 0.15) is 11.2 Å². The molecule has 0 aliphatic carbocycles.